The van der Waals surface area contributed by atoms with E-state index in [-0.39, 0.29) is 18.1 Å². The van der Waals surface area contributed by atoms with Crippen LogP contribution in [0.4, 0.5) is 5.69 Å². The van der Waals surface area contributed by atoms with E-state index in [9.17, 15) is 4.79 Å². The Bertz CT molecular complexity index is 1150. The van der Waals surface area contributed by atoms with E-state index in [1.165, 1.54) is 12.0 Å². The number of carbonyl (C=O) groups is 1. The monoisotopic (exact) mass is 442 g/mol. The lowest BCUT2D eigenvalue weighted by molar-refractivity contribution is -0.121. The topological polar surface area (TPSA) is 71.7 Å². The lowest BCUT2D eigenvalue weighted by atomic mass is 9.72. The van der Waals surface area contributed by atoms with Gasteiger partial charge in [-0.05, 0) is 50.6 Å². The maximum atomic E-state index is 12.7. The highest BCUT2D eigenvalue weighted by atomic mass is 16.5. The number of aromatic nitrogens is 1. The molecule has 1 fully saturated rings. The molecule has 2 N–H and O–H groups in total. The van der Waals surface area contributed by atoms with Crippen molar-refractivity contribution in [1.29, 1.82) is 0 Å². The second kappa shape index (κ2) is 8.61. The molecule has 1 aliphatic carbocycles. The molecule has 0 bridgehead atoms. The minimum Gasteiger partial charge on any atom is -0.466 e. The van der Waals surface area contributed by atoms with Crippen LogP contribution in [0.2, 0.25) is 0 Å². The maximum Gasteiger partial charge on any atom is 0.265 e. The summed E-state index contributed by atoms with van der Waals surface area (Å²) in [5.41, 5.74) is 12.1. The van der Waals surface area contributed by atoms with Crippen molar-refractivity contribution in [3.8, 4) is 28.3 Å². The van der Waals surface area contributed by atoms with Crippen molar-refractivity contribution in [2.75, 3.05) is 38.7 Å². The Hall–Kier alpha value is -3.22. The summed E-state index contributed by atoms with van der Waals surface area (Å²) in [5, 5.41) is 0. The van der Waals surface area contributed by atoms with E-state index in [0.29, 0.717) is 12.4 Å². The molecule has 1 amide bonds. The average Bonchev–Trinajstić information content (AvgIpc) is 2.81. The number of ether oxygens (including phenoxy) is 1. The van der Waals surface area contributed by atoms with Crippen LogP contribution in [-0.4, -0.2) is 49.6 Å². The Morgan fingerprint density at radius 1 is 1.06 bits per heavy atom. The number of anilines is 1. The van der Waals surface area contributed by atoms with E-state index in [0.717, 1.165) is 47.5 Å². The van der Waals surface area contributed by atoms with Gasteiger partial charge >= 0.3 is 0 Å². The van der Waals surface area contributed by atoms with Gasteiger partial charge in [0.2, 0.25) is 5.88 Å². The molecule has 170 valence electrons. The minimum absolute atomic E-state index is 0.00613. The molecular weight excluding hydrogens is 412 g/mol. The van der Waals surface area contributed by atoms with Gasteiger partial charge in [0, 0.05) is 29.8 Å². The quantitative estimate of drug-likeness (QED) is 0.624. The second-order valence-corrected chi connectivity index (χ2v) is 9.30. The second-order valence-electron chi connectivity index (χ2n) is 9.30. The van der Waals surface area contributed by atoms with E-state index in [2.05, 4.69) is 41.3 Å². The molecule has 6 nitrogen and oxygen atoms in total. The Kier molecular flexibility index (Phi) is 5.64. The van der Waals surface area contributed by atoms with Gasteiger partial charge in [-0.3, -0.25) is 4.79 Å². The van der Waals surface area contributed by atoms with Gasteiger partial charge in [-0.1, -0.05) is 54.6 Å². The van der Waals surface area contributed by atoms with Gasteiger partial charge in [0.05, 0.1) is 5.69 Å². The fourth-order valence-corrected chi connectivity index (χ4v) is 4.54. The number of amides is 1. The van der Waals surface area contributed by atoms with Gasteiger partial charge in [-0.2, -0.15) is 0 Å². The van der Waals surface area contributed by atoms with Gasteiger partial charge in [0.15, 0.2) is 6.61 Å². The van der Waals surface area contributed by atoms with Crippen molar-refractivity contribution < 1.29 is 9.53 Å². The molecular formula is C27H30N4O2. The molecule has 1 saturated carbocycles. The Morgan fingerprint density at radius 3 is 2.42 bits per heavy atom. The van der Waals surface area contributed by atoms with Crippen LogP contribution in [0.1, 0.15) is 24.8 Å². The van der Waals surface area contributed by atoms with Crippen LogP contribution in [0, 0.1) is 0 Å². The van der Waals surface area contributed by atoms with Crippen molar-refractivity contribution in [3.63, 3.8) is 0 Å². The molecule has 0 radical (unpaired) electrons. The molecule has 33 heavy (non-hydrogen) atoms. The number of rotatable bonds is 6. The Morgan fingerprint density at radius 2 is 1.79 bits per heavy atom. The van der Waals surface area contributed by atoms with Gasteiger partial charge in [-0.15, -0.1) is 0 Å². The lowest BCUT2D eigenvalue weighted by Gasteiger charge is -2.38. The first kappa shape index (κ1) is 21.6. The van der Waals surface area contributed by atoms with Gasteiger partial charge in [0.1, 0.15) is 5.69 Å². The number of nitrogens with two attached hydrogens (primary N) is 1. The number of benzene rings is 2. The van der Waals surface area contributed by atoms with Crippen LogP contribution in [0.15, 0.2) is 60.7 Å². The van der Waals surface area contributed by atoms with Crippen LogP contribution >= 0.6 is 0 Å². The molecule has 0 saturated heterocycles. The van der Waals surface area contributed by atoms with E-state index in [1.54, 1.807) is 4.90 Å². The number of pyridine rings is 1. The highest BCUT2D eigenvalue weighted by Crippen LogP contribution is 2.42. The fraction of sp³-hybridized carbons (Fsp3) is 0.333. The molecule has 1 aromatic heterocycles. The number of carbonyl (C=O) groups excluding carboxylic acids is 1. The van der Waals surface area contributed by atoms with Crippen molar-refractivity contribution >= 4 is 11.6 Å². The molecule has 2 aliphatic rings. The first-order valence-corrected chi connectivity index (χ1v) is 11.5. The molecule has 2 heterocycles. The molecule has 1 aliphatic heterocycles. The van der Waals surface area contributed by atoms with Crippen LogP contribution in [-0.2, 0) is 10.3 Å². The number of fused-ring (bicyclic) bond motifs is 1. The molecule has 0 atom stereocenters. The zero-order valence-corrected chi connectivity index (χ0v) is 19.3. The highest BCUT2D eigenvalue weighted by molar-refractivity contribution is 5.99. The van der Waals surface area contributed by atoms with Gasteiger partial charge in [0.25, 0.3) is 5.91 Å². The van der Waals surface area contributed by atoms with Crippen LogP contribution < -0.4 is 15.4 Å². The fourth-order valence-electron chi connectivity index (χ4n) is 4.54. The van der Waals surface area contributed by atoms with Crippen LogP contribution in [0.5, 0.6) is 5.88 Å². The summed E-state index contributed by atoms with van der Waals surface area (Å²) >= 11 is 0. The first-order chi connectivity index (χ1) is 15.9. The van der Waals surface area contributed by atoms with E-state index in [4.69, 9.17) is 15.5 Å². The predicted molar refractivity (Wildman–Crippen MR) is 131 cm³/mol. The number of hydrogen-bond donors (Lipinski definition) is 1. The average molecular weight is 443 g/mol. The van der Waals surface area contributed by atoms with Crippen molar-refractivity contribution in [2.45, 2.75) is 24.8 Å². The van der Waals surface area contributed by atoms with Crippen LogP contribution in [0.3, 0.4) is 0 Å². The first-order valence-electron chi connectivity index (χ1n) is 11.5. The Labute approximate surface area is 195 Å². The summed E-state index contributed by atoms with van der Waals surface area (Å²) in [4.78, 5) is 21.5. The van der Waals surface area contributed by atoms with E-state index in [1.807, 2.05) is 38.4 Å². The molecule has 0 unspecified atom stereocenters. The minimum atomic E-state index is -0.194. The molecule has 6 heteroatoms. The van der Waals surface area contributed by atoms with Crippen molar-refractivity contribution in [2.24, 2.45) is 5.73 Å². The highest BCUT2D eigenvalue weighted by Gasteiger charge is 2.34. The third kappa shape index (κ3) is 4.12. The van der Waals surface area contributed by atoms with E-state index < -0.39 is 0 Å². The summed E-state index contributed by atoms with van der Waals surface area (Å²) in [6, 6.07) is 20.7. The standard InChI is InChI=1S/C27H30N4O2/c1-30(2)15-16-31-23-17-22(19-7-4-3-5-8-19)25(29-26(23)33-18-24(31)32)20-9-11-21(12-10-20)27(28)13-6-14-27/h3-5,7-12,17H,6,13-16,18,28H2,1-2H3. The molecule has 0 spiro atoms. The van der Waals surface area contributed by atoms with Gasteiger partial charge < -0.3 is 20.3 Å². The number of nitrogens with zero attached hydrogens (tertiary/aromatic N) is 3. The summed E-state index contributed by atoms with van der Waals surface area (Å²) < 4.78 is 5.79. The lowest BCUT2D eigenvalue weighted by Crippen LogP contribution is -2.43. The third-order valence-corrected chi connectivity index (χ3v) is 6.73. The molecule has 5 rings (SSSR count). The summed E-state index contributed by atoms with van der Waals surface area (Å²) in [7, 11) is 4.00. The molecule has 3 aromatic rings. The van der Waals surface area contributed by atoms with Crippen molar-refractivity contribution in [1.82, 2.24) is 9.88 Å². The summed E-state index contributed by atoms with van der Waals surface area (Å²) in [6.07, 6.45) is 3.25. The number of likely N-dealkylation sites (N-methyl/N-ethyl adjacent to an activating group) is 1. The van der Waals surface area contributed by atoms with E-state index >= 15 is 0 Å². The largest absolute Gasteiger partial charge is 0.466 e. The van der Waals surface area contributed by atoms with Crippen molar-refractivity contribution in [3.05, 3.63) is 66.2 Å². The number of hydrogen-bond acceptors (Lipinski definition) is 5. The van der Waals surface area contributed by atoms with Crippen LogP contribution in [0.25, 0.3) is 22.4 Å². The zero-order valence-electron chi connectivity index (χ0n) is 19.3. The normalized spacial score (nSPS) is 16.8. The SMILES string of the molecule is CN(C)CCN1C(=O)COc2nc(-c3ccc(C4(N)CCC4)cc3)c(-c3ccccc3)cc21. The maximum absolute atomic E-state index is 12.7. The summed E-state index contributed by atoms with van der Waals surface area (Å²) in [6.45, 7) is 1.35. The molecule has 2 aromatic carbocycles. The zero-order chi connectivity index (χ0) is 23.0. The summed E-state index contributed by atoms with van der Waals surface area (Å²) in [5.74, 6) is 0.456. The van der Waals surface area contributed by atoms with Gasteiger partial charge in [-0.25, -0.2) is 4.98 Å². The smallest absolute Gasteiger partial charge is 0.265 e. The third-order valence-electron chi connectivity index (χ3n) is 6.73. The Balaban J connectivity index is 1.60. The predicted octanol–water partition coefficient (Wildman–Crippen LogP) is 4.04.